The summed E-state index contributed by atoms with van der Waals surface area (Å²) in [6, 6.07) is 1.22. The third-order valence-corrected chi connectivity index (χ3v) is 5.42. The maximum atomic E-state index is 12.3. The van der Waals surface area contributed by atoms with Crippen molar-refractivity contribution in [1.82, 2.24) is 0 Å². The predicted molar refractivity (Wildman–Crippen MR) is 91.1 cm³/mol. The molecule has 0 atom stereocenters. The van der Waals surface area contributed by atoms with Crippen LogP contribution in [0.2, 0.25) is 25.7 Å². The van der Waals surface area contributed by atoms with Crippen LogP contribution in [0.1, 0.15) is 65.2 Å². The van der Waals surface area contributed by atoms with Crippen LogP contribution in [0.4, 0.5) is 0 Å². The molecule has 0 unspecified atom stereocenters. The van der Waals surface area contributed by atoms with Crippen LogP contribution in [-0.2, 0) is 4.79 Å². The predicted octanol–water partition coefficient (Wildman–Crippen LogP) is 5.87. The van der Waals surface area contributed by atoms with Gasteiger partial charge in [0, 0.05) is 26.5 Å². The van der Waals surface area contributed by atoms with E-state index in [-0.39, 0.29) is 5.78 Å². The molecule has 118 valence electrons. The van der Waals surface area contributed by atoms with Gasteiger partial charge in [-0.25, -0.2) is 0 Å². The zero-order valence-electron chi connectivity index (χ0n) is 14.2. The molecule has 0 aromatic carbocycles. The SMILES string of the molecule is CCCCC(=O)/C(CCC[Si](C)(C)C)=C(\O)CCCC. The van der Waals surface area contributed by atoms with Crippen molar-refractivity contribution in [3.63, 3.8) is 0 Å². The number of carbonyl (C=O) groups excluding carboxylic acids is 1. The summed E-state index contributed by atoms with van der Waals surface area (Å²) in [6.45, 7) is 11.3. The van der Waals surface area contributed by atoms with Gasteiger partial charge in [-0.1, -0.05) is 58.8 Å². The molecule has 0 spiro atoms. The Morgan fingerprint density at radius 2 is 1.45 bits per heavy atom. The van der Waals surface area contributed by atoms with Gasteiger partial charge in [0.25, 0.3) is 0 Å². The molecule has 1 N–H and O–H groups in total. The Labute approximate surface area is 126 Å². The first kappa shape index (κ1) is 19.4. The molecule has 0 fully saturated rings. The van der Waals surface area contributed by atoms with Gasteiger partial charge < -0.3 is 5.11 Å². The Morgan fingerprint density at radius 3 is 1.95 bits per heavy atom. The van der Waals surface area contributed by atoms with Crippen molar-refractivity contribution in [2.45, 2.75) is 90.9 Å². The first-order chi connectivity index (χ1) is 9.31. The summed E-state index contributed by atoms with van der Waals surface area (Å²) in [5.74, 6) is 0.541. The highest BCUT2D eigenvalue weighted by atomic mass is 28.3. The van der Waals surface area contributed by atoms with Crippen LogP contribution in [0.25, 0.3) is 0 Å². The molecule has 0 aromatic heterocycles. The molecule has 3 heteroatoms. The van der Waals surface area contributed by atoms with E-state index in [1.807, 2.05) is 0 Å². The Hall–Kier alpha value is -0.573. The molecule has 0 rings (SSSR count). The van der Waals surface area contributed by atoms with Gasteiger partial charge in [0.05, 0.1) is 5.76 Å². The minimum Gasteiger partial charge on any atom is -0.512 e. The van der Waals surface area contributed by atoms with E-state index in [2.05, 4.69) is 33.5 Å². The second-order valence-corrected chi connectivity index (χ2v) is 12.6. The number of allylic oxidation sites excluding steroid dienone is 2. The van der Waals surface area contributed by atoms with Crippen LogP contribution < -0.4 is 0 Å². The fourth-order valence-electron chi connectivity index (χ4n) is 2.22. The first-order valence-corrected chi connectivity index (χ1v) is 12.0. The number of hydrogen-bond acceptors (Lipinski definition) is 2. The van der Waals surface area contributed by atoms with Crippen LogP contribution in [-0.4, -0.2) is 19.0 Å². The monoisotopic (exact) mass is 298 g/mol. The number of rotatable bonds is 11. The Balaban J connectivity index is 4.65. The van der Waals surface area contributed by atoms with Gasteiger partial charge in [-0.3, -0.25) is 4.79 Å². The molecular formula is C17H34O2Si. The molecule has 2 nitrogen and oxygen atoms in total. The van der Waals surface area contributed by atoms with Crippen molar-refractivity contribution in [2.24, 2.45) is 0 Å². The second kappa shape index (κ2) is 10.2. The molecule has 0 aromatic rings. The number of Topliss-reactive ketones (excluding diaryl/α,β-unsaturated/α-hetero) is 1. The molecule has 0 aliphatic rings. The molecule has 0 aliphatic carbocycles. The fraction of sp³-hybridized carbons (Fsp3) is 0.824. The zero-order valence-corrected chi connectivity index (χ0v) is 15.2. The number of hydrogen-bond donors (Lipinski definition) is 1. The van der Waals surface area contributed by atoms with Crippen molar-refractivity contribution in [3.05, 3.63) is 11.3 Å². The van der Waals surface area contributed by atoms with Gasteiger partial charge in [-0.15, -0.1) is 0 Å². The Morgan fingerprint density at radius 1 is 0.900 bits per heavy atom. The lowest BCUT2D eigenvalue weighted by atomic mass is 9.98. The lowest BCUT2D eigenvalue weighted by Gasteiger charge is -2.16. The number of carbonyl (C=O) groups is 1. The van der Waals surface area contributed by atoms with Gasteiger partial charge in [0.1, 0.15) is 0 Å². The minimum absolute atomic E-state index is 0.177. The quantitative estimate of drug-likeness (QED) is 0.294. The standard InChI is InChI=1S/C17H34O2Si/c1-6-8-12-16(18)15(17(19)13-9-7-2)11-10-14-20(3,4)5/h18H,6-14H2,1-5H3/b16-15-. The average molecular weight is 299 g/mol. The highest BCUT2D eigenvalue weighted by Gasteiger charge is 2.17. The summed E-state index contributed by atoms with van der Waals surface area (Å²) in [4.78, 5) is 12.3. The minimum atomic E-state index is -1.06. The Bertz CT molecular complexity index is 313. The van der Waals surface area contributed by atoms with Gasteiger partial charge in [0.15, 0.2) is 5.78 Å². The second-order valence-electron chi connectivity index (χ2n) is 6.97. The third kappa shape index (κ3) is 9.35. The molecule has 0 saturated carbocycles. The number of unbranched alkanes of at least 4 members (excludes halogenated alkanes) is 2. The van der Waals surface area contributed by atoms with Crippen molar-refractivity contribution in [3.8, 4) is 0 Å². The molecule has 0 bridgehead atoms. The highest BCUT2D eigenvalue weighted by Crippen LogP contribution is 2.22. The molecule has 0 aliphatic heterocycles. The maximum absolute atomic E-state index is 12.3. The van der Waals surface area contributed by atoms with Gasteiger partial charge in [-0.2, -0.15) is 0 Å². The highest BCUT2D eigenvalue weighted by molar-refractivity contribution is 6.76. The summed E-state index contributed by atoms with van der Waals surface area (Å²) >= 11 is 0. The van der Waals surface area contributed by atoms with E-state index < -0.39 is 8.07 Å². The van der Waals surface area contributed by atoms with Gasteiger partial charge in [0.2, 0.25) is 0 Å². The first-order valence-electron chi connectivity index (χ1n) is 8.26. The number of aliphatic hydroxyl groups excluding tert-OH is 1. The summed E-state index contributed by atoms with van der Waals surface area (Å²) in [6.07, 6.45) is 7.04. The summed E-state index contributed by atoms with van der Waals surface area (Å²) < 4.78 is 0. The van der Waals surface area contributed by atoms with Crippen LogP contribution in [0.15, 0.2) is 11.3 Å². The summed E-state index contributed by atoms with van der Waals surface area (Å²) in [5, 5.41) is 10.2. The van der Waals surface area contributed by atoms with Gasteiger partial charge >= 0.3 is 0 Å². The normalized spacial score (nSPS) is 13.2. The van der Waals surface area contributed by atoms with E-state index >= 15 is 0 Å². The van der Waals surface area contributed by atoms with E-state index in [1.165, 1.54) is 6.04 Å². The molecule has 20 heavy (non-hydrogen) atoms. The topological polar surface area (TPSA) is 37.3 Å². The van der Waals surface area contributed by atoms with Crippen molar-refractivity contribution < 1.29 is 9.90 Å². The number of aliphatic hydroxyl groups is 1. The van der Waals surface area contributed by atoms with Gasteiger partial charge in [-0.05, 0) is 19.3 Å². The van der Waals surface area contributed by atoms with Crippen LogP contribution in [0.3, 0.4) is 0 Å². The zero-order chi connectivity index (χ0) is 15.6. The molecule has 0 heterocycles. The molecule has 0 radical (unpaired) electrons. The van der Waals surface area contributed by atoms with E-state index in [0.29, 0.717) is 18.6 Å². The van der Waals surface area contributed by atoms with E-state index in [9.17, 15) is 9.90 Å². The van der Waals surface area contributed by atoms with E-state index in [4.69, 9.17) is 0 Å². The summed E-state index contributed by atoms with van der Waals surface area (Å²) in [5.41, 5.74) is 0.727. The lowest BCUT2D eigenvalue weighted by Crippen LogP contribution is -2.19. The van der Waals surface area contributed by atoms with Crippen molar-refractivity contribution in [2.75, 3.05) is 0 Å². The van der Waals surface area contributed by atoms with Crippen LogP contribution in [0.5, 0.6) is 0 Å². The number of ketones is 1. The maximum Gasteiger partial charge on any atom is 0.162 e. The molecular weight excluding hydrogens is 264 g/mol. The third-order valence-electron chi connectivity index (χ3n) is 3.56. The Kier molecular flexibility index (Phi) is 9.90. The molecule has 0 amide bonds. The largest absolute Gasteiger partial charge is 0.512 e. The van der Waals surface area contributed by atoms with E-state index in [0.717, 1.165) is 44.1 Å². The average Bonchev–Trinajstić information content (AvgIpc) is 2.37. The van der Waals surface area contributed by atoms with E-state index in [1.54, 1.807) is 0 Å². The van der Waals surface area contributed by atoms with Crippen molar-refractivity contribution in [1.29, 1.82) is 0 Å². The lowest BCUT2D eigenvalue weighted by molar-refractivity contribution is -0.116. The van der Waals surface area contributed by atoms with Crippen molar-refractivity contribution >= 4 is 13.9 Å². The molecule has 0 saturated heterocycles. The smallest absolute Gasteiger partial charge is 0.162 e. The van der Waals surface area contributed by atoms with Crippen LogP contribution in [0, 0.1) is 0 Å². The summed E-state index contributed by atoms with van der Waals surface area (Å²) in [7, 11) is -1.06. The van der Waals surface area contributed by atoms with Crippen LogP contribution >= 0.6 is 0 Å². The fourth-order valence-corrected chi connectivity index (χ4v) is 3.46.